The standard InChI is InChI=1S/C22H20N4O4S/c1-29-18-8-14-5-7-26(21(28)10-16(14)9-19(18)30-2)12-20(27)25-22-24-17(13-31-22)15-4-3-6-23-11-15/h3-9,11,13H,10,12H2,1-2H3,(H,24,25,27). The van der Waals surface area contributed by atoms with E-state index in [-0.39, 0.29) is 24.8 Å². The van der Waals surface area contributed by atoms with Crippen LogP contribution in [0.4, 0.5) is 5.13 Å². The first-order valence-corrected chi connectivity index (χ1v) is 10.3. The molecule has 158 valence electrons. The van der Waals surface area contributed by atoms with Crippen LogP contribution in [0.15, 0.2) is 48.2 Å². The van der Waals surface area contributed by atoms with Crippen LogP contribution in [0.2, 0.25) is 0 Å². The lowest BCUT2D eigenvalue weighted by atomic mass is 10.0. The van der Waals surface area contributed by atoms with E-state index in [0.29, 0.717) is 16.6 Å². The Kier molecular flexibility index (Phi) is 5.94. The number of pyridine rings is 1. The van der Waals surface area contributed by atoms with Crippen LogP contribution in [-0.2, 0) is 16.0 Å². The number of thiazole rings is 1. The molecule has 0 spiro atoms. The summed E-state index contributed by atoms with van der Waals surface area (Å²) in [6.07, 6.45) is 6.96. The van der Waals surface area contributed by atoms with Crippen molar-refractivity contribution in [2.45, 2.75) is 6.42 Å². The molecule has 3 heterocycles. The molecule has 8 nitrogen and oxygen atoms in total. The Morgan fingerprint density at radius 1 is 1.26 bits per heavy atom. The van der Waals surface area contributed by atoms with Crippen LogP contribution in [0.25, 0.3) is 17.3 Å². The summed E-state index contributed by atoms with van der Waals surface area (Å²) in [5.74, 6) is 0.623. The first-order valence-electron chi connectivity index (χ1n) is 9.45. The molecular formula is C22H20N4O4S. The van der Waals surface area contributed by atoms with Crippen LogP contribution < -0.4 is 14.8 Å². The summed E-state index contributed by atoms with van der Waals surface area (Å²) in [6, 6.07) is 7.33. The molecule has 0 aliphatic carbocycles. The number of amides is 2. The molecule has 0 saturated carbocycles. The average Bonchev–Trinajstić information content (AvgIpc) is 3.19. The highest BCUT2D eigenvalue weighted by atomic mass is 32.1. The van der Waals surface area contributed by atoms with E-state index >= 15 is 0 Å². The van der Waals surface area contributed by atoms with Gasteiger partial charge in [0.05, 0.1) is 26.3 Å². The number of methoxy groups -OCH3 is 2. The zero-order valence-electron chi connectivity index (χ0n) is 17.0. The number of aromatic nitrogens is 2. The van der Waals surface area contributed by atoms with Gasteiger partial charge in [0.1, 0.15) is 6.54 Å². The predicted molar refractivity (Wildman–Crippen MR) is 118 cm³/mol. The maximum absolute atomic E-state index is 12.7. The maximum Gasteiger partial charge on any atom is 0.246 e. The highest BCUT2D eigenvalue weighted by molar-refractivity contribution is 7.14. The van der Waals surface area contributed by atoms with E-state index in [4.69, 9.17) is 9.47 Å². The smallest absolute Gasteiger partial charge is 0.246 e. The second-order valence-electron chi connectivity index (χ2n) is 6.75. The highest BCUT2D eigenvalue weighted by Crippen LogP contribution is 2.32. The number of anilines is 1. The minimum Gasteiger partial charge on any atom is -0.493 e. The van der Waals surface area contributed by atoms with Gasteiger partial charge in [-0.25, -0.2) is 4.98 Å². The topological polar surface area (TPSA) is 93.7 Å². The third kappa shape index (κ3) is 4.56. The first kappa shape index (κ1) is 20.5. The Hall–Kier alpha value is -3.72. The monoisotopic (exact) mass is 436 g/mol. The van der Waals surface area contributed by atoms with E-state index in [9.17, 15) is 9.59 Å². The van der Waals surface area contributed by atoms with Crippen molar-refractivity contribution in [3.8, 4) is 22.8 Å². The number of nitrogens with zero attached hydrogens (tertiary/aromatic N) is 3. The number of carbonyl (C=O) groups excluding carboxylic acids is 2. The molecule has 2 amide bonds. The molecular weight excluding hydrogens is 416 g/mol. The molecule has 0 radical (unpaired) electrons. The highest BCUT2D eigenvalue weighted by Gasteiger charge is 2.22. The van der Waals surface area contributed by atoms with Crippen LogP contribution in [0.5, 0.6) is 11.5 Å². The molecule has 0 unspecified atom stereocenters. The van der Waals surface area contributed by atoms with Crippen molar-refractivity contribution in [1.29, 1.82) is 0 Å². The summed E-state index contributed by atoms with van der Waals surface area (Å²) in [5, 5.41) is 5.07. The second kappa shape index (κ2) is 8.97. The molecule has 9 heteroatoms. The largest absolute Gasteiger partial charge is 0.493 e. The van der Waals surface area contributed by atoms with Gasteiger partial charge in [-0.05, 0) is 41.5 Å². The minimum absolute atomic E-state index is 0.112. The summed E-state index contributed by atoms with van der Waals surface area (Å²) in [7, 11) is 3.11. The molecule has 1 aliphatic rings. The van der Waals surface area contributed by atoms with Crippen LogP contribution in [0, 0.1) is 0 Å². The van der Waals surface area contributed by atoms with E-state index in [2.05, 4.69) is 15.3 Å². The van der Waals surface area contributed by atoms with Crippen LogP contribution in [-0.4, -0.2) is 47.4 Å². The zero-order chi connectivity index (χ0) is 21.8. The van der Waals surface area contributed by atoms with Crippen LogP contribution in [0.1, 0.15) is 11.1 Å². The quantitative estimate of drug-likeness (QED) is 0.638. The number of hydrogen-bond donors (Lipinski definition) is 1. The van der Waals surface area contributed by atoms with Crippen molar-refractivity contribution in [2.75, 3.05) is 26.1 Å². The fourth-order valence-electron chi connectivity index (χ4n) is 3.20. The van der Waals surface area contributed by atoms with Crippen molar-refractivity contribution >= 4 is 34.4 Å². The molecule has 31 heavy (non-hydrogen) atoms. The maximum atomic E-state index is 12.7. The van der Waals surface area contributed by atoms with Crippen molar-refractivity contribution in [3.05, 3.63) is 59.4 Å². The van der Waals surface area contributed by atoms with E-state index in [1.165, 1.54) is 16.2 Å². The van der Waals surface area contributed by atoms with Crippen molar-refractivity contribution in [3.63, 3.8) is 0 Å². The molecule has 2 aromatic heterocycles. The second-order valence-corrected chi connectivity index (χ2v) is 7.61. The molecule has 1 N–H and O–H groups in total. The van der Waals surface area contributed by atoms with Gasteiger partial charge in [-0.1, -0.05) is 0 Å². The molecule has 0 saturated heterocycles. The third-order valence-corrected chi connectivity index (χ3v) is 5.52. The van der Waals surface area contributed by atoms with Gasteiger partial charge in [-0.15, -0.1) is 11.3 Å². The van der Waals surface area contributed by atoms with Gasteiger partial charge in [0.25, 0.3) is 0 Å². The summed E-state index contributed by atoms with van der Waals surface area (Å²) in [4.78, 5) is 35.1. The van der Waals surface area contributed by atoms with E-state index < -0.39 is 0 Å². The predicted octanol–water partition coefficient (Wildman–Crippen LogP) is 3.22. The lowest BCUT2D eigenvalue weighted by molar-refractivity contribution is -0.131. The zero-order valence-corrected chi connectivity index (χ0v) is 17.8. The summed E-state index contributed by atoms with van der Waals surface area (Å²) in [6.45, 7) is -0.112. The van der Waals surface area contributed by atoms with E-state index in [1.54, 1.807) is 45.0 Å². The molecule has 1 aliphatic heterocycles. The number of benzene rings is 1. The Morgan fingerprint density at radius 2 is 2.06 bits per heavy atom. The summed E-state index contributed by atoms with van der Waals surface area (Å²) in [5.41, 5.74) is 3.25. The van der Waals surface area contributed by atoms with E-state index in [0.717, 1.165) is 22.4 Å². The normalized spacial score (nSPS) is 12.8. The summed E-state index contributed by atoms with van der Waals surface area (Å²) >= 11 is 1.32. The lowest BCUT2D eigenvalue weighted by Gasteiger charge is -2.16. The molecule has 3 aromatic rings. The molecule has 0 bridgehead atoms. The van der Waals surface area contributed by atoms with Gasteiger partial charge in [-0.3, -0.25) is 14.6 Å². The molecule has 4 rings (SSSR count). The van der Waals surface area contributed by atoms with Gasteiger partial charge < -0.3 is 19.7 Å². The lowest BCUT2D eigenvalue weighted by Crippen LogP contribution is -2.34. The first-order chi connectivity index (χ1) is 15.1. The number of ether oxygens (including phenoxy) is 2. The number of carbonyl (C=O) groups is 2. The fourth-order valence-corrected chi connectivity index (χ4v) is 3.93. The number of fused-ring (bicyclic) bond motifs is 1. The van der Waals surface area contributed by atoms with Gasteiger partial charge >= 0.3 is 0 Å². The van der Waals surface area contributed by atoms with Crippen LogP contribution >= 0.6 is 11.3 Å². The Balaban J connectivity index is 1.44. The Morgan fingerprint density at radius 3 is 2.81 bits per heavy atom. The SMILES string of the molecule is COc1cc2c(cc1OC)CC(=O)N(CC(=O)Nc1nc(-c3cccnc3)cs1)C=C2. The van der Waals surface area contributed by atoms with Crippen LogP contribution in [0.3, 0.4) is 0 Å². The number of nitrogens with one attached hydrogen (secondary N) is 1. The van der Waals surface area contributed by atoms with Crippen molar-refractivity contribution in [2.24, 2.45) is 0 Å². The molecule has 0 atom stereocenters. The average molecular weight is 436 g/mol. The van der Waals surface area contributed by atoms with Crippen molar-refractivity contribution < 1.29 is 19.1 Å². The van der Waals surface area contributed by atoms with Gasteiger partial charge in [0.2, 0.25) is 11.8 Å². The number of hydrogen-bond acceptors (Lipinski definition) is 7. The molecule has 0 fully saturated rings. The van der Waals surface area contributed by atoms with Gasteiger partial charge in [0, 0.05) is 29.5 Å². The van der Waals surface area contributed by atoms with Gasteiger partial charge in [-0.2, -0.15) is 0 Å². The Bertz CT molecular complexity index is 1140. The third-order valence-electron chi connectivity index (χ3n) is 4.76. The van der Waals surface area contributed by atoms with E-state index in [1.807, 2.05) is 23.6 Å². The van der Waals surface area contributed by atoms with Gasteiger partial charge in [0.15, 0.2) is 16.6 Å². The Labute approximate surface area is 183 Å². The number of rotatable bonds is 6. The summed E-state index contributed by atoms with van der Waals surface area (Å²) < 4.78 is 10.7. The van der Waals surface area contributed by atoms with Crippen molar-refractivity contribution in [1.82, 2.24) is 14.9 Å². The fraction of sp³-hybridized carbons (Fsp3) is 0.182. The minimum atomic E-state index is -0.328. The molecule has 1 aromatic carbocycles.